The molecule has 7 nitrogen and oxygen atoms in total. The molecule has 170 valence electrons. The lowest BCUT2D eigenvalue weighted by Crippen LogP contribution is -2.40. The average molecular weight is 495 g/mol. The molecule has 4 aromatic rings. The normalized spacial score (nSPS) is 11.7. The van der Waals surface area contributed by atoms with Crippen molar-refractivity contribution in [3.05, 3.63) is 85.8 Å². The third-order valence-electron chi connectivity index (χ3n) is 5.04. The quantitative estimate of drug-likeness (QED) is 0.430. The fraction of sp³-hybridized carbons (Fsp3) is 0.143. The second-order valence-corrected chi connectivity index (χ2v) is 8.34. The highest BCUT2D eigenvalue weighted by molar-refractivity contribution is 7.13. The molecule has 0 N–H and O–H groups in total. The van der Waals surface area contributed by atoms with Crippen LogP contribution >= 0.6 is 23.1 Å². The molecule has 2 aromatic carbocycles. The molecule has 12 heteroatoms. The van der Waals surface area contributed by atoms with Crippen molar-refractivity contribution in [3.8, 4) is 5.69 Å². The van der Waals surface area contributed by atoms with Gasteiger partial charge in [0.25, 0.3) is 11.5 Å². The summed E-state index contributed by atoms with van der Waals surface area (Å²) in [4.78, 5) is 39.5. The molecule has 2 aromatic heterocycles. The van der Waals surface area contributed by atoms with E-state index in [1.165, 1.54) is 17.0 Å². The first-order valence-electron chi connectivity index (χ1n) is 9.33. The Balaban J connectivity index is 1.82. The number of hydrogen-bond donors (Lipinski definition) is 0. The molecule has 0 spiro atoms. The molecule has 0 atom stereocenters. The smallest absolute Gasteiger partial charge is 0.310 e. The maximum absolute atomic E-state index is 13.1. The number of nitrogens with zero attached hydrogens (tertiary/aromatic N) is 4. The number of aromatic nitrogens is 3. The van der Waals surface area contributed by atoms with Crippen LogP contribution in [0.2, 0.25) is 5.02 Å². The highest BCUT2D eigenvalue weighted by Crippen LogP contribution is 2.29. The molecule has 1 amide bonds. The summed E-state index contributed by atoms with van der Waals surface area (Å²) < 4.78 is 45.2. The number of amides is 1. The van der Waals surface area contributed by atoms with Crippen LogP contribution in [-0.4, -0.2) is 26.5 Å². The Hall–Kier alpha value is -3.44. The second-order valence-electron chi connectivity index (χ2n) is 7.09. The fourth-order valence-electron chi connectivity index (χ4n) is 3.30. The van der Waals surface area contributed by atoms with Crippen LogP contribution in [0.4, 0.5) is 18.9 Å². The zero-order chi connectivity index (χ0) is 24.1. The van der Waals surface area contributed by atoms with Gasteiger partial charge in [-0.15, -0.1) is 0 Å². The minimum absolute atomic E-state index is 0.0187. The zero-order valence-electron chi connectivity index (χ0n) is 17.1. The van der Waals surface area contributed by atoms with Crippen molar-refractivity contribution in [2.45, 2.75) is 6.18 Å². The number of fused-ring (bicyclic) bond motifs is 1. The predicted octanol–water partition coefficient (Wildman–Crippen LogP) is 4.09. The molecule has 0 aliphatic heterocycles. The van der Waals surface area contributed by atoms with Gasteiger partial charge in [-0.2, -0.15) is 17.5 Å². The van der Waals surface area contributed by atoms with Gasteiger partial charge >= 0.3 is 11.9 Å². The van der Waals surface area contributed by atoms with Crippen molar-refractivity contribution in [2.75, 3.05) is 11.9 Å². The number of anilines is 1. The van der Waals surface area contributed by atoms with Crippen LogP contribution in [0.5, 0.6) is 0 Å². The lowest BCUT2D eigenvalue weighted by molar-refractivity contribution is -0.144. The van der Waals surface area contributed by atoms with Gasteiger partial charge < -0.3 is 4.90 Å². The number of halogens is 4. The number of rotatable bonds is 3. The van der Waals surface area contributed by atoms with E-state index in [1.54, 1.807) is 37.4 Å². The van der Waals surface area contributed by atoms with Gasteiger partial charge in [-0.05, 0) is 54.0 Å². The maximum Gasteiger partial charge on any atom is 0.431 e. The van der Waals surface area contributed by atoms with Gasteiger partial charge in [0, 0.05) is 36.3 Å². The van der Waals surface area contributed by atoms with Crippen LogP contribution in [0.15, 0.2) is 58.1 Å². The van der Waals surface area contributed by atoms with Crippen LogP contribution in [0.1, 0.15) is 16.2 Å². The number of benzene rings is 2. The largest absolute Gasteiger partial charge is 0.431 e. The van der Waals surface area contributed by atoms with E-state index < -0.39 is 29.0 Å². The van der Waals surface area contributed by atoms with Gasteiger partial charge in [0.15, 0.2) is 0 Å². The third-order valence-corrected chi connectivity index (χ3v) is 6.12. The minimum Gasteiger partial charge on any atom is -0.310 e. The SMILES string of the molecule is CN(C(=O)c1nsc2ccc(-n3c(=O)cc(C(F)(F)F)n(C)c3=O)cc12)c1ccc(Cl)cc1. The van der Waals surface area contributed by atoms with Crippen molar-refractivity contribution in [1.82, 2.24) is 13.5 Å². The summed E-state index contributed by atoms with van der Waals surface area (Å²) in [6, 6.07) is 11.3. The number of hydrogen-bond acceptors (Lipinski definition) is 5. The third kappa shape index (κ3) is 4.05. The highest BCUT2D eigenvalue weighted by atomic mass is 35.5. The fourth-order valence-corrected chi connectivity index (χ4v) is 4.17. The lowest BCUT2D eigenvalue weighted by Gasteiger charge is -2.16. The molecule has 0 unspecified atom stereocenters. The molecule has 4 rings (SSSR count). The van der Waals surface area contributed by atoms with Crippen molar-refractivity contribution in [2.24, 2.45) is 7.05 Å². The summed E-state index contributed by atoms with van der Waals surface area (Å²) in [7, 11) is 2.48. The van der Waals surface area contributed by atoms with E-state index in [-0.39, 0.29) is 11.4 Å². The summed E-state index contributed by atoms with van der Waals surface area (Å²) in [5, 5.41) is 0.865. The minimum atomic E-state index is -4.86. The zero-order valence-corrected chi connectivity index (χ0v) is 18.6. The molecule has 33 heavy (non-hydrogen) atoms. The number of alkyl halides is 3. The van der Waals surface area contributed by atoms with E-state index in [0.29, 0.717) is 36.0 Å². The predicted molar refractivity (Wildman–Crippen MR) is 120 cm³/mol. The molecule has 2 heterocycles. The highest BCUT2D eigenvalue weighted by Gasteiger charge is 2.35. The number of carbonyl (C=O) groups is 1. The Bertz CT molecular complexity index is 1510. The van der Waals surface area contributed by atoms with Crippen LogP contribution < -0.4 is 16.1 Å². The Morgan fingerprint density at radius 1 is 1.09 bits per heavy atom. The molecular formula is C21H14ClF3N4O3S. The first-order chi connectivity index (χ1) is 15.5. The maximum atomic E-state index is 13.1. The van der Waals surface area contributed by atoms with E-state index >= 15 is 0 Å². The number of carbonyl (C=O) groups excluding carboxylic acids is 1. The molecule has 0 saturated heterocycles. The van der Waals surface area contributed by atoms with E-state index in [0.717, 1.165) is 18.6 Å². The van der Waals surface area contributed by atoms with E-state index in [2.05, 4.69) is 4.37 Å². The Morgan fingerprint density at radius 2 is 1.76 bits per heavy atom. The summed E-state index contributed by atoms with van der Waals surface area (Å²) in [5.74, 6) is -0.451. The summed E-state index contributed by atoms with van der Waals surface area (Å²) in [5.41, 5.74) is -3.00. The lowest BCUT2D eigenvalue weighted by atomic mass is 10.1. The Labute approximate surface area is 193 Å². The first kappa shape index (κ1) is 22.7. The van der Waals surface area contributed by atoms with Crippen molar-refractivity contribution >= 4 is 44.8 Å². The van der Waals surface area contributed by atoms with E-state index in [4.69, 9.17) is 11.6 Å². The second kappa shape index (κ2) is 8.16. The molecule has 0 saturated carbocycles. The van der Waals surface area contributed by atoms with E-state index in [9.17, 15) is 27.6 Å². The van der Waals surface area contributed by atoms with Gasteiger partial charge in [0.05, 0.1) is 10.4 Å². The molecule has 0 fully saturated rings. The van der Waals surface area contributed by atoms with Crippen LogP contribution in [-0.2, 0) is 13.2 Å². The van der Waals surface area contributed by atoms with Crippen molar-refractivity contribution in [1.29, 1.82) is 0 Å². The molecule has 0 bridgehead atoms. The molecular weight excluding hydrogens is 481 g/mol. The van der Waals surface area contributed by atoms with Gasteiger partial charge in [0.1, 0.15) is 11.4 Å². The monoisotopic (exact) mass is 494 g/mol. The van der Waals surface area contributed by atoms with Gasteiger partial charge in [-0.3, -0.25) is 14.2 Å². The van der Waals surface area contributed by atoms with Gasteiger partial charge in [-0.25, -0.2) is 9.36 Å². The first-order valence-corrected chi connectivity index (χ1v) is 10.5. The molecule has 0 aliphatic rings. The van der Waals surface area contributed by atoms with Crippen molar-refractivity contribution < 1.29 is 18.0 Å². The van der Waals surface area contributed by atoms with Crippen LogP contribution in [0, 0.1) is 0 Å². The van der Waals surface area contributed by atoms with Crippen molar-refractivity contribution in [3.63, 3.8) is 0 Å². The van der Waals surface area contributed by atoms with Gasteiger partial charge in [0.2, 0.25) is 0 Å². The summed E-state index contributed by atoms with van der Waals surface area (Å²) in [6.07, 6.45) is -4.86. The average Bonchev–Trinajstić information content (AvgIpc) is 3.18. The summed E-state index contributed by atoms with van der Waals surface area (Å²) >= 11 is 6.93. The van der Waals surface area contributed by atoms with Crippen LogP contribution in [0.25, 0.3) is 15.8 Å². The molecule has 0 radical (unpaired) electrons. The van der Waals surface area contributed by atoms with E-state index in [1.807, 2.05) is 0 Å². The van der Waals surface area contributed by atoms with Gasteiger partial charge in [-0.1, -0.05) is 11.6 Å². The Kier molecular flexibility index (Phi) is 5.62. The van der Waals surface area contributed by atoms with Crippen LogP contribution in [0.3, 0.4) is 0 Å². The standard InChI is InChI=1S/C21H14ClF3N4O3S/c1-27(12-5-3-11(22)4-6-12)19(31)18-14-9-13(7-8-15(14)33-26-18)29-17(30)10-16(21(23,24)25)28(2)20(29)32/h3-10H,1-2H3. The topological polar surface area (TPSA) is 77.2 Å². The summed E-state index contributed by atoms with van der Waals surface area (Å²) in [6.45, 7) is 0. The molecule has 0 aliphatic carbocycles. The Morgan fingerprint density at radius 3 is 2.39 bits per heavy atom.